The van der Waals surface area contributed by atoms with Gasteiger partial charge in [-0.1, -0.05) is 6.07 Å². The lowest BCUT2D eigenvalue weighted by atomic mass is 9.82. The molecule has 2 atom stereocenters. The molecule has 1 fully saturated rings. The molecule has 6 heteroatoms. The van der Waals surface area contributed by atoms with Gasteiger partial charge >= 0.3 is 11.9 Å². The minimum Gasteiger partial charge on any atom is -0.481 e. The van der Waals surface area contributed by atoms with Crippen molar-refractivity contribution in [3.05, 3.63) is 29.3 Å². The van der Waals surface area contributed by atoms with E-state index in [1.54, 1.807) is 19.1 Å². The van der Waals surface area contributed by atoms with Gasteiger partial charge in [0.25, 0.3) is 0 Å². The van der Waals surface area contributed by atoms with Crippen LogP contribution in [0.2, 0.25) is 0 Å². The fourth-order valence-electron chi connectivity index (χ4n) is 3.31. The fraction of sp³-hybridized carbons (Fsp3) is 0.556. The van der Waals surface area contributed by atoms with E-state index in [9.17, 15) is 14.7 Å². The van der Waals surface area contributed by atoms with Gasteiger partial charge in [-0.2, -0.15) is 0 Å². The van der Waals surface area contributed by atoms with E-state index in [0.29, 0.717) is 17.7 Å². The quantitative estimate of drug-likeness (QED) is 0.803. The van der Waals surface area contributed by atoms with Gasteiger partial charge < -0.3 is 19.6 Å². The van der Waals surface area contributed by atoms with Gasteiger partial charge in [0.15, 0.2) is 0 Å². The first-order valence-corrected chi connectivity index (χ1v) is 8.24. The van der Waals surface area contributed by atoms with Crippen molar-refractivity contribution < 1.29 is 19.4 Å². The molecule has 1 heterocycles. The number of likely N-dealkylation sites (tertiary alicyclic amines) is 1. The topological polar surface area (TPSA) is 70.1 Å². The van der Waals surface area contributed by atoms with E-state index < -0.39 is 17.9 Å². The molecule has 24 heavy (non-hydrogen) atoms. The molecular formula is C18H26N2O4. The number of nitrogens with zero attached hydrogens (tertiary/aromatic N) is 2. The molecular weight excluding hydrogens is 308 g/mol. The van der Waals surface area contributed by atoms with Gasteiger partial charge in [0.1, 0.15) is 0 Å². The zero-order chi connectivity index (χ0) is 17.9. The molecule has 1 N–H and O–H groups in total. The van der Waals surface area contributed by atoms with Gasteiger partial charge in [0.05, 0.1) is 18.1 Å². The summed E-state index contributed by atoms with van der Waals surface area (Å²) in [6.45, 7) is 3.59. The molecule has 1 saturated heterocycles. The van der Waals surface area contributed by atoms with Crippen LogP contribution < -0.4 is 4.90 Å². The monoisotopic (exact) mass is 334 g/mol. The number of benzene rings is 1. The number of carbonyl (C=O) groups excluding carboxylic acids is 1. The molecule has 0 spiro atoms. The molecule has 0 aromatic heterocycles. The Morgan fingerprint density at radius 1 is 1.42 bits per heavy atom. The van der Waals surface area contributed by atoms with Crippen molar-refractivity contribution in [1.82, 2.24) is 4.90 Å². The first-order chi connectivity index (χ1) is 11.3. The standard InChI is InChI=1S/C18H26N2O4/c1-5-24-18(23)15-10-13(19(2)3)6-7-14(15)16(17(21)22)12-8-9-20(4)11-12/h6-7,10,12,16H,5,8-9,11H2,1-4H3,(H,21,22). The third kappa shape index (κ3) is 3.87. The molecule has 0 bridgehead atoms. The van der Waals surface area contributed by atoms with Gasteiger partial charge in [-0.3, -0.25) is 4.79 Å². The highest BCUT2D eigenvalue weighted by atomic mass is 16.5. The molecule has 132 valence electrons. The minimum absolute atomic E-state index is 0.00844. The zero-order valence-electron chi connectivity index (χ0n) is 14.8. The van der Waals surface area contributed by atoms with Crippen LogP contribution in [-0.4, -0.2) is 62.8 Å². The molecule has 1 aliphatic rings. The van der Waals surface area contributed by atoms with Gasteiger partial charge in [-0.25, -0.2) is 4.79 Å². The van der Waals surface area contributed by atoms with Crippen LogP contribution in [0.3, 0.4) is 0 Å². The summed E-state index contributed by atoms with van der Waals surface area (Å²) < 4.78 is 5.16. The van der Waals surface area contributed by atoms with Crippen molar-refractivity contribution in [3.8, 4) is 0 Å². The van der Waals surface area contributed by atoms with E-state index in [0.717, 1.165) is 18.7 Å². The Morgan fingerprint density at radius 3 is 2.62 bits per heavy atom. The lowest BCUT2D eigenvalue weighted by molar-refractivity contribution is -0.140. The maximum Gasteiger partial charge on any atom is 0.338 e. The van der Waals surface area contributed by atoms with E-state index >= 15 is 0 Å². The Balaban J connectivity index is 2.48. The Morgan fingerprint density at radius 2 is 2.12 bits per heavy atom. The van der Waals surface area contributed by atoms with Crippen LogP contribution in [0.5, 0.6) is 0 Å². The van der Waals surface area contributed by atoms with E-state index in [4.69, 9.17) is 4.74 Å². The second-order valence-electron chi connectivity index (χ2n) is 6.51. The van der Waals surface area contributed by atoms with Crippen molar-refractivity contribution in [3.63, 3.8) is 0 Å². The molecule has 0 radical (unpaired) electrons. The molecule has 6 nitrogen and oxygen atoms in total. The van der Waals surface area contributed by atoms with Crippen LogP contribution in [0.15, 0.2) is 18.2 Å². The van der Waals surface area contributed by atoms with Crippen LogP contribution in [-0.2, 0) is 9.53 Å². The van der Waals surface area contributed by atoms with Gasteiger partial charge in [0.2, 0.25) is 0 Å². The van der Waals surface area contributed by atoms with Crippen LogP contribution in [0.1, 0.15) is 35.2 Å². The maximum atomic E-state index is 12.4. The third-order valence-corrected chi connectivity index (χ3v) is 4.55. The Labute approximate surface area is 143 Å². The summed E-state index contributed by atoms with van der Waals surface area (Å²) in [6.07, 6.45) is 0.811. The smallest absolute Gasteiger partial charge is 0.338 e. The molecule has 2 unspecified atom stereocenters. The molecule has 1 aliphatic heterocycles. The zero-order valence-corrected chi connectivity index (χ0v) is 14.8. The van der Waals surface area contributed by atoms with Crippen molar-refractivity contribution >= 4 is 17.6 Å². The summed E-state index contributed by atoms with van der Waals surface area (Å²) in [4.78, 5) is 28.4. The number of esters is 1. The van der Waals surface area contributed by atoms with Gasteiger partial charge in [0, 0.05) is 26.3 Å². The van der Waals surface area contributed by atoms with E-state index in [2.05, 4.69) is 4.90 Å². The van der Waals surface area contributed by atoms with Crippen molar-refractivity contribution in [2.24, 2.45) is 5.92 Å². The Bertz CT molecular complexity index is 615. The van der Waals surface area contributed by atoms with Crippen molar-refractivity contribution in [2.45, 2.75) is 19.3 Å². The molecule has 1 aromatic carbocycles. The number of aliphatic carboxylic acids is 1. The number of hydrogen-bond acceptors (Lipinski definition) is 5. The Kier molecular flexibility index (Phi) is 5.83. The van der Waals surface area contributed by atoms with Gasteiger partial charge in [-0.05, 0) is 50.6 Å². The number of ether oxygens (including phenoxy) is 1. The summed E-state index contributed by atoms with van der Waals surface area (Å²) in [7, 11) is 5.75. The van der Waals surface area contributed by atoms with Crippen molar-refractivity contribution in [1.29, 1.82) is 0 Å². The molecule has 0 saturated carbocycles. The lowest BCUT2D eigenvalue weighted by Crippen LogP contribution is -2.26. The van der Waals surface area contributed by atoms with E-state index in [1.807, 2.05) is 32.1 Å². The normalized spacial score (nSPS) is 19.1. The summed E-state index contributed by atoms with van der Waals surface area (Å²) in [5.74, 6) is -2.07. The lowest BCUT2D eigenvalue weighted by Gasteiger charge is -2.23. The highest BCUT2D eigenvalue weighted by Crippen LogP contribution is 2.35. The fourth-order valence-corrected chi connectivity index (χ4v) is 3.31. The first-order valence-electron chi connectivity index (χ1n) is 8.24. The summed E-state index contributed by atoms with van der Waals surface area (Å²) in [5.41, 5.74) is 1.74. The third-order valence-electron chi connectivity index (χ3n) is 4.55. The van der Waals surface area contributed by atoms with E-state index in [-0.39, 0.29) is 12.5 Å². The second kappa shape index (κ2) is 7.66. The molecule has 1 aromatic rings. The number of carboxylic acids is 1. The van der Waals surface area contributed by atoms with Crippen LogP contribution in [0.4, 0.5) is 5.69 Å². The summed E-state index contributed by atoms with van der Waals surface area (Å²) >= 11 is 0. The maximum absolute atomic E-state index is 12.4. The van der Waals surface area contributed by atoms with Crippen LogP contribution >= 0.6 is 0 Å². The first kappa shape index (κ1) is 18.3. The van der Waals surface area contributed by atoms with E-state index in [1.165, 1.54) is 0 Å². The highest BCUT2D eigenvalue weighted by molar-refractivity contribution is 5.94. The average molecular weight is 334 g/mol. The Hall–Kier alpha value is -2.08. The van der Waals surface area contributed by atoms with Crippen LogP contribution in [0.25, 0.3) is 0 Å². The molecule has 2 rings (SSSR count). The summed E-state index contributed by atoms with van der Waals surface area (Å²) in [5, 5.41) is 9.81. The SMILES string of the molecule is CCOC(=O)c1cc(N(C)C)ccc1C(C(=O)O)C1CCN(C)C1. The van der Waals surface area contributed by atoms with Gasteiger partial charge in [-0.15, -0.1) is 0 Å². The highest BCUT2D eigenvalue weighted by Gasteiger charge is 2.36. The summed E-state index contributed by atoms with van der Waals surface area (Å²) in [6, 6.07) is 5.34. The average Bonchev–Trinajstić information content (AvgIpc) is 2.93. The number of hydrogen-bond donors (Lipinski definition) is 1. The second-order valence-corrected chi connectivity index (χ2v) is 6.51. The van der Waals surface area contributed by atoms with Crippen molar-refractivity contribution in [2.75, 3.05) is 45.7 Å². The number of rotatable bonds is 6. The van der Waals surface area contributed by atoms with Crippen LogP contribution in [0, 0.1) is 5.92 Å². The molecule has 0 aliphatic carbocycles. The number of anilines is 1. The number of carbonyl (C=O) groups is 2. The molecule has 0 amide bonds. The minimum atomic E-state index is -0.890. The predicted octanol–water partition coefficient (Wildman–Crippen LogP) is 2.05. The predicted molar refractivity (Wildman–Crippen MR) is 92.7 cm³/mol. The largest absolute Gasteiger partial charge is 0.481 e. The number of carboxylic acid groups (broad SMARTS) is 1.